The molecule has 0 fully saturated rings. The van der Waals surface area contributed by atoms with E-state index in [9.17, 15) is 0 Å². The highest BCUT2D eigenvalue weighted by Crippen LogP contribution is 2.16. The van der Waals surface area contributed by atoms with Crippen molar-refractivity contribution in [1.82, 2.24) is 5.43 Å². The van der Waals surface area contributed by atoms with Crippen LogP contribution in [0.15, 0.2) is 10.1 Å². The highest BCUT2D eigenvalue weighted by molar-refractivity contribution is 5.71. The topological polar surface area (TPSA) is 36.8 Å². The molecule has 0 spiro atoms. The van der Waals surface area contributed by atoms with E-state index in [1.54, 1.807) is 0 Å². The first-order valence-electron chi connectivity index (χ1n) is 3.02. The van der Waals surface area contributed by atoms with Crippen molar-refractivity contribution in [2.45, 2.75) is 12.5 Å². The van der Waals surface area contributed by atoms with Gasteiger partial charge in [-0.25, -0.2) is 0 Å². The van der Waals surface area contributed by atoms with E-state index in [0.717, 1.165) is 6.42 Å². The Morgan fingerprint density at radius 3 is 3.56 bits per heavy atom. The first-order chi connectivity index (χ1) is 4.47. The minimum atomic E-state index is 0.315. The van der Waals surface area contributed by atoms with Gasteiger partial charge < -0.3 is 5.43 Å². The van der Waals surface area contributed by atoms with Crippen LogP contribution in [0.1, 0.15) is 6.42 Å². The van der Waals surface area contributed by atoms with Crippen molar-refractivity contribution >= 4 is 12.4 Å². The van der Waals surface area contributed by atoms with Gasteiger partial charge in [-0.3, -0.25) is 4.99 Å². The number of rotatable bonds is 0. The van der Waals surface area contributed by atoms with Crippen molar-refractivity contribution in [1.29, 1.82) is 0 Å². The zero-order chi connectivity index (χ0) is 6.10. The molecule has 0 bridgehead atoms. The molecule has 0 aliphatic carbocycles. The largest absolute Gasteiger partial charge is 0.306 e. The van der Waals surface area contributed by atoms with Crippen LogP contribution in [-0.2, 0) is 0 Å². The average molecular weight is 121 g/mol. The molecule has 3 nitrogen and oxygen atoms in total. The van der Waals surface area contributed by atoms with Gasteiger partial charge in [0, 0.05) is 24.8 Å². The minimum absolute atomic E-state index is 0.315. The van der Waals surface area contributed by atoms with Crippen molar-refractivity contribution in [2.75, 3.05) is 0 Å². The Kier molecular flexibility index (Phi) is 1.01. The summed E-state index contributed by atoms with van der Waals surface area (Å²) in [6.07, 6.45) is 4.68. The maximum atomic E-state index is 3.91. The fourth-order valence-electron chi connectivity index (χ4n) is 1.03. The van der Waals surface area contributed by atoms with E-state index in [2.05, 4.69) is 22.1 Å². The molecule has 2 atom stereocenters. The van der Waals surface area contributed by atoms with Crippen LogP contribution in [-0.4, -0.2) is 18.5 Å². The van der Waals surface area contributed by atoms with Gasteiger partial charge in [-0.1, -0.05) is 0 Å². The maximum absolute atomic E-state index is 3.91. The van der Waals surface area contributed by atoms with Gasteiger partial charge in [0.2, 0.25) is 0 Å². The number of nitrogens with one attached hydrogen (secondary N) is 1. The number of hydrogen-bond acceptors (Lipinski definition) is 3. The highest BCUT2D eigenvalue weighted by Gasteiger charge is 2.25. The van der Waals surface area contributed by atoms with E-state index in [0.29, 0.717) is 12.0 Å². The molecule has 46 valence electrons. The van der Waals surface area contributed by atoms with Gasteiger partial charge in [0.15, 0.2) is 0 Å². The summed E-state index contributed by atoms with van der Waals surface area (Å²) in [7, 11) is 0. The predicted octanol–water partition coefficient (Wildman–Crippen LogP) is 0.0735. The zero-order valence-electron chi connectivity index (χ0n) is 4.91. The van der Waals surface area contributed by atoms with Crippen molar-refractivity contribution in [3.63, 3.8) is 0 Å². The molecule has 9 heavy (non-hydrogen) atoms. The molecule has 0 aromatic carbocycles. The third kappa shape index (κ3) is 0.724. The van der Waals surface area contributed by atoms with Crippen molar-refractivity contribution in [2.24, 2.45) is 16.0 Å². The molecule has 3 heteroatoms. The Morgan fingerprint density at radius 2 is 2.67 bits per heavy atom. The lowest BCUT2D eigenvalue weighted by Crippen LogP contribution is -2.30. The number of aliphatic imine (C=N–C) groups is 1. The second kappa shape index (κ2) is 1.83. The Morgan fingerprint density at radius 1 is 1.67 bits per heavy atom. The molecule has 0 saturated heterocycles. The van der Waals surface area contributed by atoms with Crippen LogP contribution in [0.3, 0.4) is 0 Å². The minimum Gasteiger partial charge on any atom is -0.306 e. The lowest BCUT2D eigenvalue weighted by atomic mass is 9.98. The smallest absolute Gasteiger partial charge is 0.127 e. The monoisotopic (exact) mass is 121 g/mol. The normalized spacial score (nSPS) is 38.2. The molecular formula is C6H7N3. The molecule has 0 saturated carbocycles. The standard InChI is InChI=1S/C6H7N3/c1-2-7-3-5-4-8-9-6(1)5/h2,4-6,9H,1H2. The molecule has 2 heterocycles. The van der Waals surface area contributed by atoms with E-state index >= 15 is 0 Å². The van der Waals surface area contributed by atoms with Gasteiger partial charge in [-0.2, -0.15) is 5.10 Å². The van der Waals surface area contributed by atoms with Gasteiger partial charge in [0.1, 0.15) is 6.54 Å². The molecule has 2 rings (SSSR count). The molecule has 1 N–H and O–H groups in total. The number of fused-ring (bicyclic) bond motifs is 1. The molecule has 2 radical (unpaired) electrons. The fourth-order valence-corrected chi connectivity index (χ4v) is 1.03. The van der Waals surface area contributed by atoms with Crippen molar-refractivity contribution in [3.05, 3.63) is 6.54 Å². The Balaban J connectivity index is 2.13. The van der Waals surface area contributed by atoms with E-state index in [1.165, 1.54) is 0 Å². The fraction of sp³-hybridized carbons (Fsp3) is 0.500. The number of hydrazone groups is 1. The summed E-state index contributed by atoms with van der Waals surface area (Å²) in [6, 6.07) is 0.433. The summed E-state index contributed by atoms with van der Waals surface area (Å²) in [5, 5.41) is 3.91. The second-order valence-electron chi connectivity index (χ2n) is 2.22. The third-order valence-electron chi connectivity index (χ3n) is 1.58. The molecule has 2 unspecified atom stereocenters. The quantitative estimate of drug-likeness (QED) is 0.484. The van der Waals surface area contributed by atoms with Crippen LogP contribution in [0.25, 0.3) is 0 Å². The summed E-state index contributed by atoms with van der Waals surface area (Å²) in [5.74, 6) is 0.315. The average Bonchev–Trinajstić information content (AvgIpc) is 2.33. The van der Waals surface area contributed by atoms with Crippen LogP contribution in [0.2, 0.25) is 0 Å². The first kappa shape index (κ1) is 4.97. The van der Waals surface area contributed by atoms with E-state index in [4.69, 9.17) is 0 Å². The summed E-state index contributed by atoms with van der Waals surface area (Å²) in [5.41, 5.74) is 2.97. The number of nitrogens with zero attached hydrogens (tertiary/aromatic N) is 2. The molecule has 0 aromatic rings. The van der Waals surface area contributed by atoms with E-state index < -0.39 is 0 Å². The third-order valence-corrected chi connectivity index (χ3v) is 1.58. The molecule has 0 aromatic heterocycles. The Hall–Kier alpha value is -0.860. The predicted molar refractivity (Wildman–Crippen MR) is 35.3 cm³/mol. The number of hydrogen-bond donors (Lipinski definition) is 1. The summed E-state index contributed by atoms with van der Waals surface area (Å²) >= 11 is 0. The molecular weight excluding hydrogens is 114 g/mol. The first-order valence-corrected chi connectivity index (χ1v) is 3.02. The van der Waals surface area contributed by atoms with Crippen molar-refractivity contribution in [3.8, 4) is 0 Å². The van der Waals surface area contributed by atoms with Crippen LogP contribution in [0, 0.1) is 12.5 Å². The van der Waals surface area contributed by atoms with E-state index in [-0.39, 0.29) is 0 Å². The van der Waals surface area contributed by atoms with Gasteiger partial charge >= 0.3 is 0 Å². The lowest BCUT2D eigenvalue weighted by Gasteiger charge is -2.16. The summed E-state index contributed by atoms with van der Waals surface area (Å²) in [4.78, 5) is 3.91. The van der Waals surface area contributed by atoms with Gasteiger partial charge in [0.05, 0.1) is 6.04 Å². The Labute approximate surface area is 53.9 Å². The van der Waals surface area contributed by atoms with Gasteiger partial charge in [-0.05, 0) is 0 Å². The van der Waals surface area contributed by atoms with Gasteiger partial charge in [0.25, 0.3) is 0 Å². The molecule has 2 aliphatic heterocycles. The molecule has 0 amide bonds. The van der Waals surface area contributed by atoms with E-state index in [1.807, 2.05) is 12.4 Å². The van der Waals surface area contributed by atoms with Crippen LogP contribution in [0.4, 0.5) is 0 Å². The summed E-state index contributed by atoms with van der Waals surface area (Å²) < 4.78 is 0. The SMILES string of the molecule is [C]1N=CCC2NN=CC12. The zero-order valence-corrected chi connectivity index (χ0v) is 4.91. The van der Waals surface area contributed by atoms with Crippen LogP contribution >= 0.6 is 0 Å². The van der Waals surface area contributed by atoms with Gasteiger partial charge in [-0.15, -0.1) is 0 Å². The van der Waals surface area contributed by atoms with Crippen molar-refractivity contribution < 1.29 is 0 Å². The van der Waals surface area contributed by atoms with Crippen LogP contribution in [0.5, 0.6) is 0 Å². The lowest BCUT2D eigenvalue weighted by molar-refractivity contribution is 0.517. The van der Waals surface area contributed by atoms with Crippen LogP contribution < -0.4 is 5.43 Å². The molecule has 2 aliphatic rings. The summed E-state index contributed by atoms with van der Waals surface area (Å²) in [6.45, 7) is 2.94. The maximum Gasteiger partial charge on any atom is 0.127 e. The Bertz CT molecular complexity index is 162. The highest BCUT2D eigenvalue weighted by atomic mass is 15.3. The second-order valence-corrected chi connectivity index (χ2v) is 2.22.